The van der Waals surface area contributed by atoms with E-state index < -0.39 is 0 Å². The molecule has 4 nitrogen and oxygen atoms in total. The number of hydrogen-bond donors (Lipinski definition) is 0. The maximum Gasteiger partial charge on any atom is 0.306 e. The van der Waals surface area contributed by atoms with Crippen LogP contribution in [0.5, 0.6) is 5.88 Å². The van der Waals surface area contributed by atoms with Crippen LogP contribution < -0.4 is 4.74 Å². The Balaban J connectivity index is 1.98. The summed E-state index contributed by atoms with van der Waals surface area (Å²) in [6.07, 6.45) is 2.59. The predicted molar refractivity (Wildman–Crippen MR) is 92.4 cm³/mol. The van der Waals surface area contributed by atoms with Gasteiger partial charge in [-0.05, 0) is 53.4 Å². The molecule has 0 aliphatic heterocycles. The standard InChI is InChI=1S/C18H20BrNO3/c1-3-22-17(21)10-9-14-11-16(19)18(20-12-14)23-13(2)15-7-5-4-6-8-15/h4-8,11-13H,3,9-10H2,1-2H3. The first kappa shape index (κ1) is 17.5. The smallest absolute Gasteiger partial charge is 0.306 e. The second-order valence-corrected chi connectivity index (χ2v) is 5.96. The van der Waals surface area contributed by atoms with Crippen LogP contribution in [0, 0.1) is 0 Å². The van der Waals surface area contributed by atoms with Gasteiger partial charge in [-0.25, -0.2) is 4.98 Å². The van der Waals surface area contributed by atoms with Crippen LogP contribution in [0.4, 0.5) is 0 Å². The van der Waals surface area contributed by atoms with Gasteiger partial charge in [-0.3, -0.25) is 4.79 Å². The summed E-state index contributed by atoms with van der Waals surface area (Å²) < 4.78 is 11.6. The van der Waals surface area contributed by atoms with E-state index in [0.29, 0.717) is 25.3 Å². The van der Waals surface area contributed by atoms with Crippen LogP contribution in [0.2, 0.25) is 0 Å². The van der Waals surface area contributed by atoms with E-state index in [0.717, 1.165) is 15.6 Å². The Morgan fingerprint density at radius 2 is 2.04 bits per heavy atom. The van der Waals surface area contributed by atoms with Gasteiger partial charge in [0.15, 0.2) is 0 Å². The molecule has 1 atom stereocenters. The summed E-state index contributed by atoms with van der Waals surface area (Å²) in [6.45, 7) is 4.19. The summed E-state index contributed by atoms with van der Waals surface area (Å²) in [6, 6.07) is 11.9. The Hall–Kier alpha value is -1.88. The minimum Gasteiger partial charge on any atom is -0.469 e. The van der Waals surface area contributed by atoms with Crippen LogP contribution in [0.25, 0.3) is 0 Å². The first-order valence-electron chi connectivity index (χ1n) is 7.61. The number of nitrogens with zero attached hydrogens (tertiary/aromatic N) is 1. The molecule has 1 aromatic heterocycles. The number of carbonyl (C=O) groups is 1. The van der Waals surface area contributed by atoms with Crippen LogP contribution >= 0.6 is 15.9 Å². The van der Waals surface area contributed by atoms with Crippen LogP contribution in [0.3, 0.4) is 0 Å². The van der Waals surface area contributed by atoms with Gasteiger partial charge in [0.2, 0.25) is 5.88 Å². The third kappa shape index (κ3) is 5.36. The maximum atomic E-state index is 11.4. The monoisotopic (exact) mass is 377 g/mol. The molecule has 1 heterocycles. The normalized spacial score (nSPS) is 11.8. The second-order valence-electron chi connectivity index (χ2n) is 5.11. The van der Waals surface area contributed by atoms with E-state index in [1.54, 1.807) is 13.1 Å². The van der Waals surface area contributed by atoms with Crippen molar-refractivity contribution in [3.63, 3.8) is 0 Å². The zero-order valence-corrected chi connectivity index (χ0v) is 14.9. The predicted octanol–water partition coefficient (Wildman–Crippen LogP) is 4.48. The summed E-state index contributed by atoms with van der Waals surface area (Å²) in [4.78, 5) is 15.7. The van der Waals surface area contributed by atoms with Gasteiger partial charge in [0.1, 0.15) is 6.10 Å². The van der Waals surface area contributed by atoms with Crippen LogP contribution in [-0.2, 0) is 16.0 Å². The van der Waals surface area contributed by atoms with Gasteiger partial charge in [-0.1, -0.05) is 30.3 Å². The van der Waals surface area contributed by atoms with E-state index >= 15 is 0 Å². The average Bonchev–Trinajstić information content (AvgIpc) is 2.56. The summed E-state index contributed by atoms with van der Waals surface area (Å²) in [5, 5.41) is 0. The molecule has 0 radical (unpaired) electrons. The molecule has 0 saturated heterocycles. The number of benzene rings is 1. The van der Waals surface area contributed by atoms with Crippen molar-refractivity contribution in [3.05, 3.63) is 58.2 Å². The Labute approximate surface area is 145 Å². The Bertz CT molecular complexity index is 646. The summed E-state index contributed by atoms with van der Waals surface area (Å²) >= 11 is 3.48. The van der Waals surface area contributed by atoms with Gasteiger partial charge in [0.05, 0.1) is 11.1 Å². The number of halogens is 1. The van der Waals surface area contributed by atoms with Crippen molar-refractivity contribution in [1.82, 2.24) is 4.98 Å². The first-order valence-corrected chi connectivity index (χ1v) is 8.41. The fraction of sp³-hybridized carbons (Fsp3) is 0.333. The maximum absolute atomic E-state index is 11.4. The largest absolute Gasteiger partial charge is 0.469 e. The Kier molecular flexibility index (Phi) is 6.59. The Morgan fingerprint density at radius 1 is 1.30 bits per heavy atom. The third-order valence-corrected chi connectivity index (χ3v) is 3.91. The zero-order chi connectivity index (χ0) is 16.7. The van der Waals surface area contributed by atoms with E-state index in [1.165, 1.54) is 0 Å². The molecule has 122 valence electrons. The highest BCUT2D eigenvalue weighted by Crippen LogP contribution is 2.28. The van der Waals surface area contributed by atoms with E-state index in [4.69, 9.17) is 9.47 Å². The molecule has 1 unspecified atom stereocenters. The van der Waals surface area contributed by atoms with Crippen molar-refractivity contribution in [2.24, 2.45) is 0 Å². The molecule has 0 N–H and O–H groups in total. The second kappa shape index (κ2) is 8.67. The van der Waals surface area contributed by atoms with Gasteiger partial charge in [-0.2, -0.15) is 0 Å². The molecule has 0 bridgehead atoms. The van der Waals surface area contributed by atoms with Crippen LogP contribution in [0.15, 0.2) is 47.1 Å². The number of rotatable bonds is 7. The quantitative estimate of drug-likeness (QED) is 0.667. The fourth-order valence-corrected chi connectivity index (χ4v) is 2.62. The van der Waals surface area contributed by atoms with Gasteiger partial charge in [0.25, 0.3) is 0 Å². The lowest BCUT2D eigenvalue weighted by Gasteiger charge is -2.15. The number of aryl methyl sites for hydroxylation is 1. The molecule has 23 heavy (non-hydrogen) atoms. The van der Waals surface area contributed by atoms with E-state index in [2.05, 4.69) is 20.9 Å². The van der Waals surface area contributed by atoms with Gasteiger partial charge < -0.3 is 9.47 Å². The van der Waals surface area contributed by atoms with E-state index in [9.17, 15) is 4.79 Å². The molecule has 5 heteroatoms. The van der Waals surface area contributed by atoms with Crippen LogP contribution in [0.1, 0.15) is 37.5 Å². The number of ether oxygens (including phenoxy) is 2. The molecular weight excluding hydrogens is 358 g/mol. The van der Waals surface area contributed by atoms with Crippen molar-refractivity contribution in [2.45, 2.75) is 32.8 Å². The van der Waals surface area contributed by atoms with Gasteiger partial charge in [-0.15, -0.1) is 0 Å². The molecule has 0 fully saturated rings. The lowest BCUT2D eigenvalue weighted by atomic mass is 10.1. The van der Waals surface area contributed by atoms with Crippen molar-refractivity contribution in [1.29, 1.82) is 0 Å². The lowest BCUT2D eigenvalue weighted by Crippen LogP contribution is -2.07. The third-order valence-electron chi connectivity index (χ3n) is 3.34. The van der Waals surface area contributed by atoms with Crippen molar-refractivity contribution >= 4 is 21.9 Å². The number of hydrogen-bond acceptors (Lipinski definition) is 4. The molecule has 0 aliphatic carbocycles. The van der Waals surface area contributed by atoms with E-state index in [-0.39, 0.29) is 12.1 Å². The first-order chi connectivity index (χ1) is 11.1. The van der Waals surface area contributed by atoms with Crippen LogP contribution in [-0.4, -0.2) is 17.6 Å². The number of carbonyl (C=O) groups excluding carboxylic acids is 1. The highest BCUT2D eigenvalue weighted by atomic mass is 79.9. The summed E-state index contributed by atoms with van der Waals surface area (Å²) in [5.74, 6) is 0.350. The van der Waals surface area contributed by atoms with Crippen molar-refractivity contribution in [3.8, 4) is 5.88 Å². The Morgan fingerprint density at radius 3 is 2.70 bits per heavy atom. The van der Waals surface area contributed by atoms with Crippen molar-refractivity contribution < 1.29 is 14.3 Å². The average molecular weight is 378 g/mol. The van der Waals surface area contributed by atoms with E-state index in [1.807, 2.05) is 43.3 Å². The molecular formula is C18H20BrNO3. The highest BCUT2D eigenvalue weighted by molar-refractivity contribution is 9.10. The molecule has 2 aromatic rings. The minimum absolute atomic E-state index is 0.0922. The molecule has 0 spiro atoms. The molecule has 0 saturated carbocycles. The zero-order valence-electron chi connectivity index (χ0n) is 13.3. The number of esters is 1. The fourth-order valence-electron chi connectivity index (χ4n) is 2.13. The molecule has 1 aromatic carbocycles. The SMILES string of the molecule is CCOC(=O)CCc1cnc(OC(C)c2ccccc2)c(Br)c1. The highest BCUT2D eigenvalue weighted by Gasteiger charge is 2.12. The number of pyridine rings is 1. The molecule has 0 amide bonds. The van der Waals surface area contributed by atoms with Gasteiger partial charge >= 0.3 is 5.97 Å². The van der Waals surface area contributed by atoms with Crippen molar-refractivity contribution in [2.75, 3.05) is 6.61 Å². The molecule has 2 rings (SSSR count). The summed E-state index contributed by atoms with van der Waals surface area (Å²) in [5.41, 5.74) is 2.05. The summed E-state index contributed by atoms with van der Waals surface area (Å²) in [7, 11) is 0. The minimum atomic E-state index is -0.193. The topological polar surface area (TPSA) is 48.4 Å². The lowest BCUT2D eigenvalue weighted by molar-refractivity contribution is -0.143. The van der Waals surface area contributed by atoms with Gasteiger partial charge in [0, 0.05) is 12.6 Å². The number of aromatic nitrogens is 1. The molecule has 0 aliphatic rings.